The number of unbranched alkanes of at least 4 members (excludes halogenated alkanes) is 1. The van der Waals surface area contributed by atoms with E-state index in [2.05, 4.69) is 19.2 Å². The van der Waals surface area contributed by atoms with Crippen LogP contribution >= 0.6 is 0 Å². The van der Waals surface area contributed by atoms with Crippen LogP contribution in [0.4, 0.5) is 0 Å². The Hall–Kier alpha value is -0.0800. The summed E-state index contributed by atoms with van der Waals surface area (Å²) in [4.78, 5) is 0. The topological polar surface area (TPSA) is 21.3 Å². The quantitative estimate of drug-likeness (QED) is 0.588. The molecule has 0 radical (unpaired) electrons. The zero-order valence-corrected chi connectivity index (χ0v) is 11.8. The Morgan fingerprint density at radius 2 is 2.00 bits per heavy atom. The molecule has 0 aromatic carbocycles. The van der Waals surface area contributed by atoms with Crippen LogP contribution in [-0.4, -0.2) is 25.8 Å². The molecule has 1 atom stereocenters. The summed E-state index contributed by atoms with van der Waals surface area (Å²) in [6, 6.07) is 0.778. The van der Waals surface area contributed by atoms with Gasteiger partial charge in [0.05, 0.1) is 6.61 Å². The lowest BCUT2D eigenvalue weighted by molar-refractivity contribution is 0.0943. The molecule has 1 rings (SSSR count). The van der Waals surface area contributed by atoms with E-state index in [-0.39, 0.29) is 0 Å². The highest BCUT2D eigenvalue weighted by Crippen LogP contribution is 2.17. The van der Waals surface area contributed by atoms with Crippen molar-refractivity contribution in [2.75, 3.05) is 19.8 Å². The normalized spacial score (nSPS) is 18.7. The highest BCUT2D eigenvalue weighted by molar-refractivity contribution is 4.73. The van der Waals surface area contributed by atoms with Crippen LogP contribution in [0.3, 0.4) is 0 Å². The van der Waals surface area contributed by atoms with Gasteiger partial charge >= 0.3 is 0 Å². The van der Waals surface area contributed by atoms with Crippen LogP contribution in [0.1, 0.15) is 65.2 Å². The second-order valence-electron chi connectivity index (χ2n) is 5.43. The SMILES string of the molecule is CCCCC(CC)COCCNC1CCCC1. The molecule has 1 aliphatic rings. The van der Waals surface area contributed by atoms with E-state index in [1.807, 2.05) is 0 Å². The lowest BCUT2D eigenvalue weighted by atomic mass is 10.0. The highest BCUT2D eigenvalue weighted by Gasteiger charge is 2.13. The van der Waals surface area contributed by atoms with Crippen molar-refractivity contribution in [2.45, 2.75) is 71.3 Å². The predicted octanol–water partition coefficient (Wildman–Crippen LogP) is 3.75. The Morgan fingerprint density at radius 1 is 1.24 bits per heavy atom. The largest absolute Gasteiger partial charge is 0.380 e. The minimum atomic E-state index is 0.778. The first kappa shape index (κ1) is 15.0. The summed E-state index contributed by atoms with van der Waals surface area (Å²) >= 11 is 0. The van der Waals surface area contributed by atoms with Gasteiger partial charge in [0.1, 0.15) is 0 Å². The summed E-state index contributed by atoms with van der Waals surface area (Å²) in [6.45, 7) is 7.43. The third kappa shape index (κ3) is 7.05. The van der Waals surface area contributed by atoms with E-state index >= 15 is 0 Å². The molecule has 0 amide bonds. The summed E-state index contributed by atoms with van der Waals surface area (Å²) in [7, 11) is 0. The molecular weight excluding hydrogens is 210 g/mol. The van der Waals surface area contributed by atoms with Crippen LogP contribution in [0.2, 0.25) is 0 Å². The minimum Gasteiger partial charge on any atom is -0.380 e. The van der Waals surface area contributed by atoms with E-state index < -0.39 is 0 Å². The Balaban J connectivity index is 1.90. The Morgan fingerprint density at radius 3 is 2.65 bits per heavy atom. The average Bonchev–Trinajstić information content (AvgIpc) is 2.85. The molecule has 1 aliphatic carbocycles. The summed E-state index contributed by atoms with van der Waals surface area (Å²) in [5, 5.41) is 3.59. The maximum Gasteiger partial charge on any atom is 0.0591 e. The predicted molar refractivity (Wildman–Crippen MR) is 74.4 cm³/mol. The van der Waals surface area contributed by atoms with Gasteiger partial charge in [-0.25, -0.2) is 0 Å². The van der Waals surface area contributed by atoms with E-state index in [1.165, 1.54) is 51.4 Å². The van der Waals surface area contributed by atoms with Crippen molar-refractivity contribution in [1.82, 2.24) is 5.32 Å². The molecule has 0 bridgehead atoms. The Bertz CT molecular complexity index is 166. The lowest BCUT2D eigenvalue weighted by Gasteiger charge is -2.16. The summed E-state index contributed by atoms with van der Waals surface area (Å²) in [5.41, 5.74) is 0. The van der Waals surface area contributed by atoms with E-state index in [0.29, 0.717) is 0 Å². The number of hydrogen-bond acceptors (Lipinski definition) is 2. The van der Waals surface area contributed by atoms with Crippen molar-refractivity contribution >= 4 is 0 Å². The molecule has 2 nitrogen and oxygen atoms in total. The van der Waals surface area contributed by atoms with Crippen molar-refractivity contribution in [3.63, 3.8) is 0 Å². The number of nitrogens with one attached hydrogen (secondary N) is 1. The van der Waals surface area contributed by atoms with Gasteiger partial charge in [-0.2, -0.15) is 0 Å². The molecule has 102 valence electrons. The molecule has 2 heteroatoms. The highest BCUT2D eigenvalue weighted by atomic mass is 16.5. The Kier molecular flexibility index (Phi) is 8.72. The van der Waals surface area contributed by atoms with Crippen LogP contribution in [0.15, 0.2) is 0 Å². The smallest absolute Gasteiger partial charge is 0.0591 e. The van der Waals surface area contributed by atoms with E-state index in [1.54, 1.807) is 0 Å². The lowest BCUT2D eigenvalue weighted by Crippen LogP contribution is -2.29. The van der Waals surface area contributed by atoms with Gasteiger partial charge in [0.15, 0.2) is 0 Å². The molecule has 1 N–H and O–H groups in total. The molecule has 1 unspecified atom stereocenters. The van der Waals surface area contributed by atoms with E-state index in [4.69, 9.17) is 4.74 Å². The zero-order valence-electron chi connectivity index (χ0n) is 11.8. The first-order valence-electron chi connectivity index (χ1n) is 7.68. The van der Waals surface area contributed by atoms with Gasteiger partial charge in [0, 0.05) is 19.2 Å². The number of rotatable bonds is 10. The maximum atomic E-state index is 5.78. The van der Waals surface area contributed by atoms with Crippen LogP contribution in [0.5, 0.6) is 0 Å². The van der Waals surface area contributed by atoms with Crippen LogP contribution in [0, 0.1) is 5.92 Å². The molecule has 0 saturated heterocycles. The fraction of sp³-hybridized carbons (Fsp3) is 1.00. The molecule has 0 spiro atoms. The van der Waals surface area contributed by atoms with Gasteiger partial charge in [-0.1, -0.05) is 46.0 Å². The monoisotopic (exact) mass is 241 g/mol. The average molecular weight is 241 g/mol. The van der Waals surface area contributed by atoms with Gasteiger partial charge in [0.25, 0.3) is 0 Å². The van der Waals surface area contributed by atoms with Gasteiger partial charge in [0.2, 0.25) is 0 Å². The van der Waals surface area contributed by atoms with Crippen LogP contribution < -0.4 is 5.32 Å². The minimum absolute atomic E-state index is 0.778. The second kappa shape index (κ2) is 9.90. The summed E-state index contributed by atoms with van der Waals surface area (Å²) in [5.74, 6) is 0.779. The van der Waals surface area contributed by atoms with Crippen LogP contribution in [-0.2, 0) is 4.74 Å². The van der Waals surface area contributed by atoms with Gasteiger partial charge in [-0.05, 0) is 25.2 Å². The standard InChI is InChI=1S/C15H31NO/c1-3-5-8-14(4-2)13-17-12-11-16-15-9-6-7-10-15/h14-16H,3-13H2,1-2H3. The Labute approximate surface area is 108 Å². The van der Waals surface area contributed by atoms with Crippen LogP contribution in [0.25, 0.3) is 0 Å². The molecule has 17 heavy (non-hydrogen) atoms. The first-order chi connectivity index (χ1) is 8.36. The first-order valence-corrected chi connectivity index (χ1v) is 7.68. The van der Waals surface area contributed by atoms with Gasteiger partial charge < -0.3 is 10.1 Å². The molecule has 0 heterocycles. The summed E-state index contributed by atoms with van der Waals surface area (Å²) < 4.78 is 5.78. The van der Waals surface area contributed by atoms with Gasteiger partial charge in [-0.3, -0.25) is 0 Å². The molecule has 1 fully saturated rings. The zero-order chi connectivity index (χ0) is 12.3. The fourth-order valence-electron chi connectivity index (χ4n) is 2.61. The number of ether oxygens (including phenoxy) is 1. The molecule has 1 saturated carbocycles. The van der Waals surface area contributed by atoms with Gasteiger partial charge in [-0.15, -0.1) is 0 Å². The fourth-order valence-corrected chi connectivity index (χ4v) is 2.61. The van der Waals surface area contributed by atoms with Crippen molar-refractivity contribution in [2.24, 2.45) is 5.92 Å². The van der Waals surface area contributed by atoms with Crippen molar-refractivity contribution in [1.29, 1.82) is 0 Å². The molecule has 0 aromatic heterocycles. The maximum absolute atomic E-state index is 5.78. The molecule has 0 aromatic rings. The van der Waals surface area contributed by atoms with Crippen molar-refractivity contribution in [3.8, 4) is 0 Å². The van der Waals surface area contributed by atoms with E-state index in [9.17, 15) is 0 Å². The third-order valence-electron chi connectivity index (χ3n) is 3.93. The van der Waals surface area contributed by atoms with E-state index in [0.717, 1.165) is 31.7 Å². The second-order valence-corrected chi connectivity index (χ2v) is 5.43. The third-order valence-corrected chi connectivity index (χ3v) is 3.93. The molecule has 0 aliphatic heterocycles. The number of hydrogen-bond donors (Lipinski definition) is 1. The van der Waals surface area contributed by atoms with Crippen molar-refractivity contribution < 1.29 is 4.74 Å². The molecular formula is C15H31NO. The summed E-state index contributed by atoms with van der Waals surface area (Å²) in [6.07, 6.45) is 10.8. The van der Waals surface area contributed by atoms with Crippen molar-refractivity contribution in [3.05, 3.63) is 0 Å².